The van der Waals surface area contributed by atoms with Crippen LogP contribution >= 0.6 is 11.8 Å². The lowest BCUT2D eigenvalue weighted by Crippen LogP contribution is -2.55. The monoisotopic (exact) mass is 350 g/mol. The fraction of sp³-hybridized carbons (Fsp3) is 0.529. The first-order valence-corrected chi connectivity index (χ1v) is 9.42. The molecule has 1 aliphatic carbocycles. The number of aliphatic imine (C=N–C) groups is 1. The summed E-state index contributed by atoms with van der Waals surface area (Å²) in [6, 6.07) is 5.27. The average Bonchev–Trinajstić information content (AvgIpc) is 3.40. The number of hydrogen-bond donors (Lipinski definition) is 1. The minimum Gasteiger partial charge on any atom is -0.352 e. The second-order valence-electron chi connectivity index (χ2n) is 6.10. The summed E-state index contributed by atoms with van der Waals surface area (Å²) >= 11 is 1.59. The van der Waals surface area contributed by atoms with Gasteiger partial charge >= 0.3 is 0 Å². The fourth-order valence-electron chi connectivity index (χ4n) is 3.03. The molecule has 1 saturated heterocycles. The highest BCUT2D eigenvalue weighted by molar-refractivity contribution is 7.98. The van der Waals surface area contributed by atoms with Gasteiger partial charge in [-0.3, -0.25) is 9.79 Å². The summed E-state index contributed by atoms with van der Waals surface area (Å²) in [4.78, 5) is 21.6. The quantitative estimate of drug-likeness (QED) is 0.512. The van der Waals surface area contributed by atoms with Gasteiger partial charge in [-0.15, -0.1) is 11.8 Å². The Labute approximate surface area is 146 Å². The van der Waals surface area contributed by atoms with E-state index in [0.717, 1.165) is 36.4 Å². The first kappa shape index (κ1) is 17.1. The molecule has 130 valence electrons. The highest BCUT2D eigenvalue weighted by Gasteiger charge is 2.36. The lowest BCUT2D eigenvalue weighted by atomic mass is 10.2. The Morgan fingerprint density at radius 1 is 1.42 bits per heavy atom. The van der Waals surface area contributed by atoms with Crippen LogP contribution in [0.5, 0.6) is 0 Å². The van der Waals surface area contributed by atoms with Crippen molar-refractivity contribution in [2.75, 3.05) is 32.9 Å². The summed E-state index contributed by atoms with van der Waals surface area (Å²) in [5, 5.41) is 3.26. The molecule has 0 spiro atoms. The third-order valence-electron chi connectivity index (χ3n) is 4.44. The largest absolute Gasteiger partial charge is 0.352 e. The SMILES string of the molecule is CN=C(NCc1cc(F)ccc1SC)N1CCN(C2CC2)C(=O)C1. The summed E-state index contributed by atoms with van der Waals surface area (Å²) in [5.41, 5.74) is 0.895. The van der Waals surface area contributed by atoms with Gasteiger partial charge in [0.15, 0.2) is 5.96 Å². The van der Waals surface area contributed by atoms with E-state index >= 15 is 0 Å². The predicted octanol–water partition coefficient (Wildman–Crippen LogP) is 1.93. The number of nitrogens with zero attached hydrogens (tertiary/aromatic N) is 3. The first-order valence-electron chi connectivity index (χ1n) is 8.20. The Hall–Kier alpha value is -1.76. The van der Waals surface area contributed by atoms with Gasteiger partial charge in [0, 0.05) is 37.6 Å². The smallest absolute Gasteiger partial charge is 0.242 e. The molecular formula is C17H23FN4OS. The maximum absolute atomic E-state index is 13.5. The number of halogens is 1. The topological polar surface area (TPSA) is 47.9 Å². The molecule has 3 rings (SSSR count). The lowest BCUT2D eigenvalue weighted by molar-refractivity contribution is -0.135. The van der Waals surface area contributed by atoms with E-state index in [0.29, 0.717) is 25.1 Å². The molecule has 24 heavy (non-hydrogen) atoms. The van der Waals surface area contributed by atoms with Gasteiger partial charge in [-0.1, -0.05) is 0 Å². The van der Waals surface area contributed by atoms with Crippen LogP contribution < -0.4 is 5.32 Å². The van der Waals surface area contributed by atoms with E-state index in [4.69, 9.17) is 0 Å². The highest BCUT2D eigenvalue weighted by atomic mass is 32.2. The molecule has 5 nitrogen and oxygen atoms in total. The molecule has 0 atom stereocenters. The maximum Gasteiger partial charge on any atom is 0.242 e. The minimum atomic E-state index is -0.243. The Bertz CT molecular complexity index is 647. The van der Waals surface area contributed by atoms with E-state index in [1.54, 1.807) is 30.9 Å². The predicted molar refractivity (Wildman–Crippen MR) is 94.7 cm³/mol. The average molecular weight is 350 g/mol. The van der Waals surface area contributed by atoms with Gasteiger partial charge in [0.2, 0.25) is 5.91 Å². The zero-order valence-electron chi connectivity index (χ0n) is 14.1. The van der Waals surface area contributed by atoms with Crippen LogP contribution in [-0.4, -0.2) is 60.6 Å². The van der Waals surface area contributed by atoms with E-state index in [1.807, 2.05) is 16.1 Å². The third kappa shape index (κ3) is 3.83. The van der Waals surface area contributed by atoms with E-state index in [2.05, 4.69) is 10.3 Å². The van der Waals surface area contributed by atoms with Crippen molar-refractivity contribution in [2.45, 2.75) is 30.3 Å². The van der Waals surface area contributed by atoms with Crippen molar-refractivity contribution < 1.29 is 9.18 Å². The molecular weight excluding hydrogens is 327 g/mol. The van der Waals surface area contributed by atoms with Crippen molar-refractivity contribution in [3.05, 3.63) is 29.6 Å². The van der Waals surface area contributed by atoms with Crippen LogP contribution in [-0.2, 0) is 11.3 Å². The van der Waals surface area contributed by atoms with Crippen LogP contribution in [0.4, 0.5) is 4.39 Å². The normalized spacial score (nSPS) is 19.0. The van der Waals surface area contributed by atoms with E-state index < -0.39 is 0 Å². The zero-order valence-corrected chi connectivity index (χ0v) is 14.9. The molecule has 0 radical (unpaired) electrons. The Morgan fingerprint density at radius 2 is 2.21 bits per heavy atom. The Balaban J connectivity index is 1.61. The molecule has 1 N–H and O–H groups in total. The van der Waals surface area contributed by atoms with Crippen molar-refractivity contribution in [1.29, 1.82) is 0 Å². The molecule has 1 aliphatic heterocycles. The van der Waals surface area contributed by atoms with Crippen LogP contribution in [0.2, 0.25) is 0 Å². The van der Waals surface area contributed by atoms with Gasteiger partial charge < -0.3 is 15.1 Å². The van der Waals surface area contributed by atoms with Crippen LogP contribution in [0.15, 0.2) is 28.1 Å². The third-order valence-corrected chi connectivity index (χ3v) is 5.27. The van der Waals surface area contributed by atoms with Crippen molar-refractivity contribution >= 4 is 23.6 Å². The number of amides is 1. The van der Waals surface area contributed by atoms with E-state index in [-0.39, 0.29) is 11.7 Å². The van der Waals surface area contributed by atoms with Crippen LogP contribution in [0.25, 0.3) is 0 Å². The Morgan fingerprint density at radius 3 is 2.83 bits per heavy atom. The molecule has 1 aromatic rings. The molecule has 1 amide bonds. The van der Waals surface area contributed by atoms with Crippen molar-refractivity contribution in [1.82, 2.24) is 15.1 Å². The number of guanidine groups is 1. The molecule has 2 fully saturated rings. The number of carbonyl (C=O) groups is 1. The van der Waals surface area contributed by atoms with Gasteiger partial charge in [0.25, 0.3) is 0 Å². The van der Waals surface area contributed by atoms with E-state index in [1.165, 1.54) is 6.07 Å². The Kier molecular flexibility index (Phi) is 5.28. The number of nitrogens with one attached hydrogen (secondary N) is 1. The van der Waals surface area contributed by atoms with E-state index in [9.17, 15) is 9.18 Å². The summed E-state index contributed by atoms with van der Waals surface area (Å²) in [7, 11) is 1.71. The molecule has 1 saturated carbocycles. The summed E-state index contributed by atoms with van der Waals surface area (Å²) in [6.45, 7) is 2.37. The maximum atomic E-state index is 13.5. The van der Waals surface area contributed by atoms with Gasteiger partial charge in [0.05, 0.1) is 6.54 Å². The molecule has 0 unspecified atom stereocenters. The number of hydrogen-bond acceptors (Lipinski definition) is 3. The van der Waals surface area contributed by atoms with Gasteiger partial charge in [-0.05, 0) is 42.9 Å². The molecule has 1 aromatic carbocycles. The molecule has 1 heterocycles. The molecule has 0 aromatic heterocycles. The molecule has 0 bridgehead atoms. The standard InChI is InChI=1S/C17H23FN4OS/c1-19-17(20-10-12-9-13(18)3-6-15(12)24-2)21-7-8-22(14-4-5-14)16(23)11-21/h3,6,9,14H,4-5,7-8,10-11H2,1-2H3,(H,19,20). The fourth-order valence-corrected chi connectivity index (χ4v) is 3.63. The number of thioether (sulfide) groups is 1. The molecule has 2 aliphatic rings. The van der Waals surface area contributed by atoms with Crippen molar-refractivity contribution in [2.24, 2.45) is 4.99 Å². The zero-order chi connectivity index (χ0) is 17.1. The molecule has 7 heteroatoms. The number of benzene rings is 1. The van der Waals surface area contributed by atoms with Gasteiger partial charge in [-0.2, -0.15) is 0 Å². The summed E-state index contributed by atoms with van der Waals surface area (Å²) in [6.07, 6.45) is 4.24. The van der Waals surface area contributed by atoms with Gasteiger partial charge in [0.1, 0.15) is 5.82 Å². The number of rotatable bonds is 4. The first-order chi connectivity index (χ1) is 11.6. The number of piperazine rings is 1. The second kappa shape index (κ2) is 7.42. The second-order valence-corrected chi connectivity index (χ2v) is 6.94. The summed E-state index contributed by atoms with van der Waals surface area (Å²) in [5.74, 6) is 0.616. The van der Waals surface area contributed by atoms with Crippen LogP contribution in [0.1, 0.15) is 18.4 Å². The van der Waals surface area contributed by atoms with Crippen molar-refractivity contribution in [3.63, 3.8) is 0 Å². The van der Waals surface area contributed by atoms with Crippen LogP contribution in [0, 0.1) is 5.82 Å². The summed E-state index contributed by atoms with van der Waals surface area (Å²) < 4.78 is 13.5. The lowest BCUT2D eigenvalue weighted by Gasteiger charge is -2.36. The van der Waals surface area contributed by atoms with Gasteiger partial charge in [-0.25, -0.2) is 4.39 Å². The highest BCUT2D eigenvalue weighted by Crippen LogP contribution is 2.28. The van der Waals surface area contributed by atoms with Crippen molar-refractivity contribution in [3.8, 4) is 0 Å². The minimum absolute atomic E-state index is 0.169. The van der Waals surface area contributed by atoms with Crippen LogP contribution in [0.3, 0.4) is 0 Å². The number of carbonyl (C=O) groups excluding carboxylic acids is 1.